The molecular weight excluding hydrogens is 330 g/mol. The van der Waals surface area contributed by atoms with E-state index in [1.807, 2.05) is 12.1 Å². The third kappa shape index (κ3) is 3.35. The summed E-state index contributed by atoms with van der Waals surface area (Å²) < 4.78 is 2.10. The molecule has 24 heavy (non-hydrogen) atoms. The molecule has 1 amide bonds. The first-order valence-corrected chi connectivity index (χ1v) is 8.53. The molecule has 0 radical (unpaired) electrons. The number of fused-ring (bicyclic) bond motifs is 1. The molecule has 3 rings (SSSR count). The summed E-state index contributed by atoms with van der Waals surface area (Å²) >= 11 is 6.07. The van der Waals surface area contributed by atoms with E-state index in [9.17, 15) is 9.90 Å². The lowest BCUT2D eigenvalue weighted by Crippen LogP contribution is -2.37. The maximum absolute atomic E-state index is 10.8. The number of halogens is 1. The van der Waals surface area contributed by atoms with Crippen LogP contribution in [0.5, 0.6) is 0 Å². The number of aliphatic hydroxyl groups is 1. The zero-order valence-corrected chi connectivity index (χ0v) is 14.5. The van der Waals surface area contributed by atoms with Gasteiger partial charge in [-0.05, 0) is 57.7 Å². The van der Waals surface area contributed by atoms with Crippen molar-refractivity contribution in [3.05, 3.63) is 29.0 Å². The van der Waals surface area contributed by atoms with Crippen LogP contribution < -0.4 is 5.32 Å². The van der Waals surface area contributed by atoms with Crippen molar-refractivity contribution >= 4 is 28.7 Å². The number of hydrogen-bond donors (Lipinski definition) is 3. The predicted molar refractivity (Wildman–Crippen MR) is 92.4 cm³/mol. The molecule has 0 aliphatic heterocycles. The van der Waals surface area contributed by atoms with Gasteiger partial charge in [0, 0.05) is 17.1 Å². The molecule has 3 N–H and O–H groups in total. The van der Waals surface area contributed by atoms with E-state index in [2.05, 4.69) is 14.9 Å². The Morgan fingerprint density at radius 1 is 1.33 bits per heavy atom. The fourth-order valence-corrected chi connectivity index (χ4v) is 3.69. The minimum atomic E-state index is -1.07. The summed E-state index contributed by atoms with van der Waals surface area (Å²) in [4.78, 5) is 15.4. The standard InChI is InChI=1S/C17H22ClN3O3/c1-17(2,24)15-20-13-9-10(18)3-8-14(13)21(15)12-6-4-11(5-7-12)19-16(22)23/h3,8-9,11-12,19,24H,4-7H2,1-2H3,(H,22,23). The third-order valence-corrected chi connectivity index (χ3v) is 4.82. The summed E-state index contributed by atoms with van der Waals surface area (Å²) in [5.74, 6) is 0.620. The Hall–Kier alpha value is -1.79. The molecule has 1 fully saturated rings. The minimum absolute atomic E-state index is 0.00596. The monoisotopic (exact) mass is 351 g/mol. The number of amides is 1. The van der Waals surface area contributed by atoms with Crippen molar-refractivity contribution < 1.29 is 15.0 Å². The van der Waals surface area contributed by atoms with Crippen LogP contribution >= 0.6 is 11.6 Å². The van der Waals surface area contributed by atoms with E-state index in [-0.39, 0.29) is 12.1 Å². The Balaban J connectivity index is 1.95. The first-order valence-electron chi connectivity index (χ1n) is 8.15. The van der Waals surface area contributed by atoms with E-state index < -0.39 is 11.7 Å². The van der Waals surface area contributed by atoms with Gasteiger partial charge in [0.2, 0.25) is 0 Å². The Morgan fingerprint density at radius 2 is 2.00 bits per heavy atom. The van der Waals surface area contributed by atoms with Crippen molar-refractivity contribution in [3.8, 4) is 0 Å². The Bertz CT molecular complexity index is 758. The third-order valence-electron chi connectivity index (χ3n) is 4.59. The normalized spacial score (nSPS) is 21.8. The summed E-state index contributed by atoms with van der Waals surface area (Å²) in [6.45, 7) is 3.45. The quantitative estimate of drug-likeness (QED) is 0.787. The van der Waals surface area contributed by atoms with Gasteiger partial charge in [0.1, 0.15) is 11.4 Å². The molecule has 2 aromatic rings. The van der Waals surface area contributed by atoms with Gasteiger partial charge in [0.15, 0.2) is 0 Å². The van der Waals surface area contributed by atoms with Crippen molar-refractivity contribution in [2.75, 3.05) is 0 Å². The van der Waals surface area contributed by atoms with Gasteiger partial charge in [0.25, 0.3) is 0 Å². The van der Waals surface area contributed by atoms with Gasteiger partial charge in [-0.1, -0.05) is 11.6 Å². The summed E-state index contributed by atoms with van der Waals surface area (Å²) in [5, 5.41) is 22.6. The molecule has 1 aromatic carbocycles. The van der Waals surface area contributed by atoms with Crippen molar-refractivity contribution in [1.82, 2.24) is 14.9 Å². The van der Waals surface area contributed by atoms with Gasteiger partial charge in [-0.15, -0.1) is 0 Å². The molecule has 0 bridgehead atoms. The average Bonchev–Trinajstić information content (AvgIpc) is 2.86. The van der Waals surface area contributed by atoms with Gasteiger partial charge < -0.3 is 20.1 Å². The second-order valence-electron chi connectivity index (χ2n) is 6.95. The van der Waals surface area contributed by atoms with Crippen LogP contribution in [0.2, 0.25) is 5.02 Å². The van der Waals surface area contributed by atoms with Crippen LogP contribution in [0.25, 0.3) is 11.0 Å². The van der Waals surface area contributed by atoms with E-state index in [1.54, 1.807) is 19.9 Å². The molecule has 1 aliphatic carbocycles. The average molecular weight is 352 g/mol. The van der Waals surface area contributed by atoms with Gasteiger partial charge >= 0.3 is 6.09 Å². The fraction of sp³-hybridized carbons (Fsp3) is 0.529. The molecule has 6 nitrogen and oxygen atoms in total. The lowest BCUT2D eigenvalue weighted by atomic mass is 9.90. The van der Waals surface area contributed by atoms with E-state index >= 15 is 0 Å². The van der Waals surface area contributed by atoms with Crippen LogP contribution in [0.1, 0.15) is 51.4 Å². The van der Waals surface area contributed by atoms with Crippen LogP contribution in [0.4, 0.5) is 4.79 Å². The zero-order chi connectivity index (χ0) is 17.5. The van der Waals surface area contributed by atoms with Crippen molar-refractivity contribution in [2.24, 2.45) is 0 Å². The van der Waals surface area contributed by atoms with Crippen molar-refractivity contribution in [1.29, 1.82) is 0 Å². The van der Waals surface area contributed by atoms with E-state index in [4.69, 9.17) is 16.7 Å². The summed E-state index contributed by atoms with van der Waals surface area (Å²) in [7, 11) is 0. The predicted octanol–water partition coefficient (Wildman–Crippen LogP) is 3.67. The van der Waals surface area contributed by atoms with Crippen molar-refractivity contribution in [3.63, 3.8) is 0 Å². The molecule has 130 valence electrons. The van der Waals surface area contributed by atoms with Crippen molar-refractivity contribution in [2.45, 2.75) is 57.2 Å². The van der Waals surface area contributed by atoms with Gasteiger partial charge in [-0.25, -0.2) is 9.78 Å². The number of nitrogens with zero attached hydrogens (tertiary/aromatic N) is 2. The molecule has 1 aliphatic rings. The van der Waals surface area contributed by atoms with Gasteiger partial charge in [0.05, 0.1) is 11.0 Å². The highest BCUT2D eigenvalue weighted by Gasteiger charge is 2.31. The maximum Gasteiger partial charge on any atom is 0.404 e. The molecule has 0 saturated heterocycles. The molecular formula is C17H22ClN3O3. The number of imidazole rings is 1. The topological polar surface area (TPSA) is 87.4 Å². The van der Waals surface area contributed by atoms with Crippen LogP contribution in [0, 0.1) is 0 Å². The first-order chi connectivity index (χ1) is 11.3. The molecule has 1 saturated carbocycles. The number of nitrogens with one attached hydrogen (secondary N) is 1. The number of carboxylic acid groups (broad SMARTS) is 1. The minimum Gasteiger partial charge on any atom is -0.465 e. The Morgan fingerprint density at radius 3 is 2.58 bits per heavy atom. The lowest BCUT2D eigenvalue weighted by Gasteiger charge is -2.32. The first kappa shape index (κ1) is 17.0. The summed E-state index contributed by atoms with van der Waals surface area (Å²) in [6, 6.07) is 5.74. The zero-order valence-electron chi connectivity index (χ0n) is 13.8. The van der Waals surface area contributed by atoms with Gasteiger partial charge in [-0.2, -0.15) is 0 Å². The largest absolute Gasteiger partial charge is 0.465 e. The number of rotatable bonds is 3. The smallest absolute Gasteiger partial charge is 0.404 e. The summed E-state index contributed by atoms with van der Waals surface area (Å²) in [6.07, 6.45) is 2.24. The van der Waals surface area contributed by atoms with Crippen LogP contribution in [0.3, 0.4) is 0 Å². The van der Waals surface area contributed by atoms with Gasteiger partial charge in [-0.3, -0.25) is 0 Å². The van der Waals surface area contributed by atoms with E-state index in [1.165, 1.54) is 0 Å². The molecule has 0 spiro atoms. The Kier molecular flexibility index (Phi) is 4.44. The summed E-state index contributed by atoms with van der Waals surface area (Å²) in [5.41, 5.74) is 0.651. The highest BCUT2D eigenvalue weighted by molar-refractivity contribution is 6.31. The van der Waals surface area contributed by atoms with Crippen LogP contribution in [-0.2, 0) is 5.60 Å². The number of aromatic nitrogens is 2. The van der Waals surface area contributed by atoms with Crippen LogP contribution in [-0.4, -0.2) is 31.9 Å². The van der Waals surface area contributed by atoms with Crippen LogP contribution in [0.15, 0.2) is 18.2 Å². The molecule has 0 unspecified atom stereocenters. The number of carbonyl (C=O) groups is 1. The second kappa shape index (κ2) is 6.26. The number of benzene rings is 1. The SMILES string of the molecule is CC(C)(O)c1nc2cc(Cl)ccc2n1C1CCC(NC(=O)O)CC1. The number of hydrogen-bond acceptors (Lipinski definition) is 3. The highest BCUT2D eigenvalue weighted by Crippen LogP contribution is 2.36. The maximum atomic E-state index is 10.8. The molecule has 0 atom stereocenters. The highest BCUT2D eigenvalue weighted by atomic mass is 35.5. The molecule has 7 heteroatoms. The van der Waals surface area contributed by atoms with E-state index in [0.29, 0.717) is 10.8 Å². The lowest BCUT2D eigenvalue weighted by molar-refractivity contribution is 0.0620. The Labute approximate surface area is 145 Å². The second-order valence-corrected chi connectivity index (χ2v) is 7.39. The fourth-order valence-electron chi connectivity index (χ4n) is 3.53. The molecule has 1 heterocycles. The molecule has 1 aromatic heterocycles. The van der Waals surface area contributed by atoms with E-state index in [0.717, 1.165) is 36.7 Å².